The van der Waals surface area contributed by atoms with Gasteiger partial charge in [0.15, 0.2) is 0 Å². The van der Waals surface area contributed by atoms with Crippen LogP contribution in [0.3, 0.4) is 0 Å². The van der Waals surface area contributed by atoms with Gasteiger partial charge in [0.1, 0.15) is 0 Å². The number of pyridine rings is 7. The zero-order valence-electron chi connectivity index (χ0n) is 60.4. The van der Waals surface area contributed by atoms with Gasteiger partial charge < -0.3 is 18.3 Å². The molecule has 0 atom stereocenters. The maximum atomic E-state index is 5.00. The number of hydrogen-bond acceptors (Lipinski definition) is 7. The second kappa shape index (κ2) is 27.5. The quantitative estimate of drug-likeness (QED) is 0.120. The zero-order valence-corrected chi connectivity index (χ0v) is 60.4. The number of rotatable bonds is 12. The summed E-state index contributed by atoms with van der Waals surface area (Å²) in [6.07, 6.45) is 11.1. The average Bonchev–Trinajstić information content (AvgIpc) is 1.59. The first-order valence-electron chi connectivity index (χ1n) is 37.5. The van der Waals surface area contributed by atoms with E-state index in [1.54, 1.807) is 12.4 Å². The third-order valence-corrected chi connectivity index (χ3v) is 21.5. The predicted octanol–water partition coefficient (Wildman–Crippen LogP) is 24.9. The second-order valence-corrected chi connectivity index (χ2v) is 28.1. The molecule has 11 aromatic carbocycles. The highest BCUT2D eigenvalue weighted by Gasteiger charge is 2.22. The Bertz CT molecular complexity index is 6800. The van der Waals surface area contributed by atoms with E-state index in [1.807, 2.05) is 97.6 Å². The molecule has 0 radical (unpaired) electrons. The Balaban J connectivity index is 0.000000141. The van der Waals surface area contributed by atoms with Gasteiger partial charge in [-0.2, -0.15) is 0 Å². The molecule has 22 rings (SSSR count). The van der Waals surface area contributed by atoms with Crippen molar-refractivity contribution >= 4 is 87.5 Å². The topological polar surface area (TPSA) is 110 Å². The van der Waals surface area contributed by atoms with Gasteiger partial charge >= 0.3 is 0 Å². The summed E-state index contributed by atoms with van der Waals surface area (Å²) in [5.74, 6) is 0. The van der Waals surface area contributed by atoms with Crippen LogP contribution in [-0.2, 0) is 0 Å². The lowest BCUT2D eigenvalue weighted by atomic mass is 9.96. The Hall–Kier alpha value is -15.3. The Kier molecular flexibility index (Phi) is 15.9. The van der Waals surface area contributed by atoms with Crippen LogP contribution in [0.1, 0.15) is 0 Å². The molecule has 11 aromatic heterocycles. The molecule has 0 spiro atoms. The molecule has 0 aliphatic rings. The van der Waals surface area contributed by atoms with Gasteiger partial charge in [0.25, 0.3) is 0 Å². The predicted molar refractivity (Wildman–Crippen MR) is 458 cm³/mol. The van der Waals surface area contributed by atoms with Gasteiger partial charge in [0.2, 0.25) is 0 Å². The van der Waals surface area contributed by atoms with E-state index in [9.17, 15) is 0 Å². The number of aromatic nitrogens is 11. The molecule has 11 heteroatoms. The Morgan fingerprint density at radius 1 is 0.152 bits per heavy atom. The number of fused-ring (bicyclic) bond motifs is 12. The van der Waals surface area contributed by atoms with Gasteiger partial charge in [-0.3, -0.25) is 29.9 Å². The van der Waals surface area contributed by atoms with Crippen LogP contribution < -0.4 is 0 Å². The van der Waals surface area contributed by atoms with E-state index in [0.717, 1.165) is 167 Å². The third-order valence-electron chi connectivity index (χ3n) is 21.5. The minimum Gasteiger partial charge on any atom is -0.309 e. The molecule has 524 valence electrons. The minimum absolute atomic E-state index is 0.803. The van der Waals surface area contributed by atoms with E-state index in [2.05, 4.69) is 323 Å². The molecule has 0 bridgehead atoms. The molecular formula is C101H65N11. The van der Waals surface area contributed by atoms with Crippen LogP contribution in [0.2, 0.25) is 0 Å². The maximum Gasteiger partial charge on any atom is 0.0963 e. The van der Waals surface area contributed by atoms with Gasteiger partial charge in [-0.15, -0.1) is 0 Å². The Morgan fingerprint density at radius 2 is 0.464 bits per heavy atom. The van der Waals surface area contributed by atoms with Crippen LogP contribution >= 0.6 is 0 Å². The summed E-state index contributed by atoms with van der Waals surface area (Å²) >= 11 is 0. The molecule has 0 amide bonds. The van der Waals surface area contributed by atoms with Gasteiger partial charge in [-0.05, 0) is 257 Å². The van der Waals surface area contributed by atoms with E-state index < -0.39 is 0 Å². The summed E-state index contributed by atoms with van der Waals surface area (Å²) < 4.78 is 9.37. The number of nitrogens with zero attached hydrogens (tertiary/aromatic N) is 11. The molecule has 0 aliphatic heterocycles. The van der Waals surface area contributed by atoms with E-state index in [-0.39, 0.29) is 0 Å². The summed E-state index contributed by atoms with van der Waals surface area (Å²) in [4.78, 5) is 33.3. The summed E-state index contributed by atoms with van der Waals surface area (Å²) in [6, 6.07) is 126. The van der Waals surface area contributed by atoms with E-state index >= 15 is 0 Å². The number of benzene rings is 11. The number of para-hydroxylation sites is 4. The largest absolute Gasteiger partial charge is 0.309 e. The molecular weight excluding hydrogens is 1370 g/mol. The van der Waals surface area contributed by atoms with Crippen LogP contribution in [0.15, 0.2) is 395 Å². The van der Waals surface area contributed by atoms with Crippen molar-refractivity contribution < 1.29 is 0 Å². The van der Waals surface area contributed by atoms with Crippen molar-refractivity contribution in [1.29, 1.82) is 0 Å². The van der Waals surface area contributed by atoms with Crippen LogP contribution in [0.5, 0.6) is 0 Å². The van der Waals surface area contributed by atoms with Gasteiger partial charge in [0, 0.05) is 103 Å². The first kappa shape index (κ1) is 65.0. The van der Waals surface area contributed by atoms with Gasteiger partial charge in [0.05, 0.1) is 89.3 Å². The fourth-order valence-electron chi connectivity index (χ4n) is 16.4. The molecule has 112 heavy (non-hydrogen) atoms. The van der Waals surface area contributed by atoms with E-state index in [0.29, 0.717) is 0 Å². The number of hydrogen-bond donors (Lipinski definition) is 0. The third kappa shape index (κ3) is 11.5. The highest BCUT2D eigenvalue weighted by atomic mass is 15.0. The van der Waals surface area contributed by atoms with Crippen LogP contribution in [0.25, 0.3) is 200 Å². The molecule has 0 aliphatic carbocycles. The van der Waals surface area contributed by atoms with Crippen molar-refractivity contribution in [2.24, 2.45) is 0 Å². The molecule has 0 N–H and O–H groups in total. The first-order chi connectivity index (χ1) is 55.5. The second-order valence-electron chi connectivity index (χ2n) is 28.1. The van der Waals surface area contributed by atoms with Crippen LogP contribution in [0, 0.1) is 0 Å². The van der Waals surface area contributed by atoms with Gasteiger partial charge in [-0.1, -0.05) is 146 Å². The van der Waals surface area contributed by atoms with Crippen molar-refractivity contribution in [3.05, 3.63) is 395 Å². The molecule has 0 saturated heterocycles. The lowest BCUT2D eigenvalue weighted by molar-refractivity contribution is 1.17. The Labute approximate surface area is 644 Å². The van der Waals surface area contributed by atoms with Crippen molar-refractivity contribution in [2.75, 3.05) is 0 Å². The first-order valence-corrected chi connectivity index (χ1v) is 37.5. The van der Waals surface area contributed by atoms with Gasteiger partial charge in [-0.25, -0.2) is 4.98 Å². The lowest BCUT2D eigenvalue weighted by Gasteiger charge is -2.13. The van der Waals surface area contributed by atoms with Crippen molar-refractivity contribution in [1.82, 2.24) is 53.2 Å². The van der Waals surface area contributed by atoms with Crippen molar-refractivity contribution in [3.8, 4) is 113 Å². The van der Waals surface area contributed by atoms with Crippen LogP contribution in [-0.4, -0.2) is 53.2 Å². The van der Waals surface area contributed by atoms with E-state index in [1.165, 1.54) is 32.6 Å². The smallest absolute Gasteiger partial charge is 0.0963 e. The molecule has 0 saturated carbocycles. The summed E-state index contributed by atoms with van der Waals surface area (Å²) in [5.41, 5.74) is 31.7. The molecule has 11 heterocycles. The highest BCUT2D eigenvalue weighted by Crippen LogP contribution is 2.43. The van der Waals surface area contributed by atoms with Crippen LogP contribution in [0.4, 0.5) is 0 Å². The molecule has 22 aromatic rings. The van der Waals surface area contributed by atoms with E-state index in [4.69, 9.17) is 15.0 Å². The van der Waals surface area contributed by atoms with Crippen molar-refractivity contribution in [2.45, 2.75) is 0 Å². The summed E-state index contributed by atoms with van der Waals surface area (Å²) in [5, 5.41) is 7.11. The standard InChI is InChI=1S/C51H33N5.C50H32N6/c1-2-13-40(14-3-1)55-49-24-22-36(33-44(49)51-50(55)20-11-27-54-51)35-21-23-48-43(32-35)42-16-4-5-19-47(42)56(48)41-15-10-12-34(31-41)37-28-38(45-17-6-8-25-52-45)30-39(29-37)46-18-7-9-26-53-46;1-2-13-37(14-3-1)55-48-24-22-35(30-41(48)50-49(55)20-11-27-53-50)34-21-23-47-40(29-34)39-16-4-5-19-46(39)56(47)38-15-10-12-33(28-38)36-31-44(42-17-6-8-25-51-42)54-45(32-36)43-18-7-9-26-52-43/h1-33H;1-32H. The summed E-state index contributed by atoms with van der Waals surface area (Å²) in [6.45, 7) is 0. The highest BCUT2D eigenvalue weighted by molar-refractivity contribution is 6.14. The molecule has 0 unspecified atom stereocenters. The minimum atomic E-state index is 0.803. The fraction of sp³-hybridized carbons (Fsp3) is 0. The summed E-state index contributed by atoms with van der Waals surface area (Å²) in [7, 11) is 0. The monoisotopic (exact) mass is 1430 g/mol. The zero-order chi connectivity index (χ0) is 74.0. The maximum absolute atomic E-state index is 5.00. The Morgan fingerprint density at radius 3 is 0.884 bits per heavy atom. The normalized spacial score (nSPS) is 11.6. The molecule has 11 nitrogen and oxygen atoms in total. The SMILES string of the molecule is c1ccc(-n2c3ccc(-c4ccc5c(c4)c4ccccc4n5-c4cccc(-c5cc(-c6ccccn6)cc(-c6ccccn6)c5)c4)cc3c3ncccc32)cc1.c1ccc(-n2c3ccc(-c4ccc5c(c4)c4ccccc4n5-c4cccc(-c5cc(-c6ccccn6)nc(-c6ccccn6)c5)c4)cc3c3ncccc32)cc1. The fourth-order valence-corrected chi connectivity index (χ4v) is 16.4. The molecule has 0 fully saturated rings. The lowest BCUT2D eigenvalue weighted by Crippen LogP contribution is -1.96. The van der Waals surface area contributed by atoms with Crippen molar-refractivity contribution in [3.63, 3.8) is 0 Å². The average molecular weight is 1430 g/mol.